The monoisotopic (exact) mass is 238 g/mol. The number of carboxylic acid groups (broad SMARTS) is 1. The van der Waals surface area contributed by atoms with Crippen molar-refractivity contribution in [2.75, 3.05) is 0 Å². The van der Waals surface area contributed by atoms with Gasteiger partial charge in [0, 0.05) is 5.02 Å². The molecule has 1 saturated carbocycles. The quantitative estimate of drug-likeness (QED) is 0.873. The minimum Gasteiger partial charge on any atom is -0.481 e. The molecule has 1 aliphatic rings. The van der Waals surface area contributed by atoms with Crippen molar-refractivity contribution in [2.24, 2.45) is 11.8 Å². The number of halogens is 1. The Morgan fingerprint density at radius 3 is 2.75 bits per heavy atom. The van der Waals surface area contributed by atoms with Gasteiger partial charge < -0.3 is 5.11 Å². The van der Waals surface area contributed by atoms with E-state index in [-0.39, 0.29) is 5.92 Å². The van der Waals surface area contributed by atoms with Crippen LogP contribution in [0.4, 0.5) is 0 Å². The number of aliphatic carboxylic acids is 1. The first-order valence-electron chi connectivity index (χ1n) is 5.64. The SMILES string of the molecule is O=C(O)C(Cc1cccc(Cl)c1)C1CCC1. The molecule has 1 unspecified atom stereocenters. The first-order chi connectivity index (χ1) is 7.66. The number of hydrogen-bond donors (Lipinski definition) is 1. The minimum absolute atomic E-state index is 0.243. The van der Waals surface area contributed by atoms with Crippen LogP contribution in [0.3, 0.4) is 0 Å². The van der Waals surface area contributed by atoms with Crippen molar-refractivity contribution in [3.63, 3.8) is 0 Å². The Labute approximate surface area is 100 Å². The molecule has 16 heavy (non-hydrogen) atoms. The smallest absolute Gasteiger partial charge is 0.307 e. The third kappa shape index (κ3) is 2.56. The van der Waals surface area contributed by atoms with E-state index in [0.717, 1.165) is 18.4 Å². The van der Waals surface area contributed by atoms with Gasteiger partial charge in [0.05, 0.1) is 5.92 Å². The molecule has 0 heterocycles. The van der Waals surface area contributed by atoms with Crippen molar-refractivity contribution in [2.45, 2.75) is 25.7 Å². The van der Waals surface area contributed by atoms with Crippen molar-refractivity contribution in [3.8, 4) is 0 Å². The summed E-state index contributed by atoms with van der Waals surface area (Å²) in [6.07, 6.45) is 3.87. The molecule has 86 valence electrons. The molecule has 0 bridgehead atoms. The van der Waals surface area contributed by atoms with E-state index in [9.17, 15) is 9.90 Å². The Kier molecular flexibility index (Phi) is 3.49. The molecule has 1 aromatic rings. The number of carbonyl (C=O) groups is 1. The summed E-state index contributed by atoms with van der Waals surface area (Å²) < 4.78 is 0. The number of benzene rings is 1. The second-order valence-electron chi connectivity index (χ2n) is 4.47. The van der Waals surface area contributed by atoms with Gasteiger partial charge in [-0.1, -0.05) is 30.2 Å². The summed E-state index contributed by atoms with van der Waals surface area (Å²) in [5, 5.41) is 9.88. The highest BCUT2D eigenvalue weighted by atomic mass is 35.5. The van der Waals surface area contributed by atoms with E-state index < -0.39 is 5.97 Å². The lowest BCUT2D eigenvalue weighted by molar-refractivity contribution is -0.144. The Hall–Kier alpha value is -1.02. The van der Waals surface area contributed by atoms with Gasteiger partial charge in [-0.2, -0.15) is 0 Å². The first-order valence-corrected chi connectivity index (χ1v) is 6.02. The molecule has 2 nitrogen and oxygen atoms in total. The van der Waals surface area contributed by atoms with E-state index in [2.05, 4.69) is 0 Å². The standard InChI is InChI=1S/C13H15ClO2/c14-11-6-1-3-9(7-11)8-12(13(15)16)10-4-2-5-10/h1,3,6-7,10,12H,2,4-5,8H2,(H,15,16). The summed E-state index contributed by atoms with van der Waals surface area (Å²) >= 11 is 5.89. The largest absolute Gasteiger partial charge is 0.481 e. The molecule has 0 saturated heterocycles. The molecule has 1 fully saturated rings. The van der Waals surface area contributed by atoms with Gasteiger partial charge >= 0.3 is 5.97 Å². The fraction of sp³-hybridized carbons (Fsp3) is 0.462. The zero-order valence-electron chi connectivity index (χ0n) is 9.03. The average Bonchev–Trinajstić information content (AvgIpc) is 2.14. The van der Waals surface area contributed by atoms with E-state index in [1.807, 2.05) is 24.3 Å². The van der Waals surface area contributed by atoms with Crippen molar-refractivity contribution < 1.29 is 9.90 Å². The van der Waals surface area contributed by atoms with Crippen molar-refractivity contribution in [3.05, 3.63) is 34.9 Å². The van der Waals surface area contributed by atoms with E-state index in [4.69, 9.17) is 11.6 Å². The normalized spacial score (nSPS) is 17.8. The summed E-state index contributed by atoms with van der Waals surface area (Å²) in [5.74, 6) is -0.562. The molecule has 3 heteroatoms. The lowest BCUT2D eigenvalue weighted by Crippen LogP contribution is -2.30. The number of rotatable bonds is 4. The van der Waals surface area contributed by atoms with Gasteiger partial charge in [-0.05, 0) is 42.9 Å². The summed E-state index contributed by atoms with van der Waals surface area (Å²) in [4.78, 5) is 11.2. The van der Waals surface area contributed by atoms with Crippen LogP contribution in [-0.4, -0.2) is 11.1 Å². The Bertz CT molecular complexity index is 385. The van der Waals surface area contributed by atoms with Crippen LogP contribution in [0.15, 0.2) is 24.3 Å². The van der Waals surface area contributed by atoms with Crippen LogP contribution in [0.1, 0.15) is 24.8 Å². The third-order valence-electron chi connectivity index (χ3n) is 3.38. The fourth-order valence-corrected chi connectivity index (χ4v) is 2.43. The third-order valence-corrected chi connectivity index (χ3v) is 3.62. The summed E-state index contributed by atoms with van der Waals surface area (Å²) in [6.45, 7) is 0. The maximum absolute atomic E-state index is 11.2. The second kappa shape index (κ2) is 4.88. The van der Waals surface area contributed by atoms with Crippen LogP contribution in [0.5, 0.6) is 0 Å². The number of hydrogen-bond acceptors (Lipinski definition) is 1. The van der Waals surface area contributed by atoms with Gasteiger partial charge in [0.1, 0.15) is 0 Å². The molecule has 0 aliphatic heterocycles. The lowest BCUT2D eigenvalue weighted by atomic mass is 9.73. The highest BCUT2D eigenvalue weighted by Gasteiger charge is 2.32. The first kappa shape index (κ1) is 11.5. The molecule has 0 radical (unpaired) electrons. The fourth-order valence-electron chi connectivity index (χ4n) is 2.22. The molecule has 1 N–H and O–H groups in total. The lowest BCUT2D eigenvalue weighted by Gasteiger charge is -2.31. The minimum atomic E-state index is -0.676. The predicted octanol–water partition coefficient (Wildman–Crippen LogP) is 3.38. The molecule has 0 spiro atoms. The van der Waals surface area contributed by atoms with Crippen LogP contribution >= 0.6 is 11.6 Å². The van der Waals surface area contributed by atoms with Gasteiger partial charge in [-0.3, -0.25) is 4.79 Å². The molecule has 1 aromatic carbocycles. The van der Waals surface area contributed by atoms with Crippen LogP contribution in [0.25, 0.3) is 0 Å². The van der Waals surface area contributed by atoms with Gasteiger partial charge in [0.2, 0.25) is 0 Å². The van der Waals surface area contributed by atoms with Gasteiger partial charge in [-0.25, -0.2) is 0 Å². The Morgan fingerprint density at radius 2 is 2.25 bits per heavy atom. The predicted molar refractivity (Wildman–Crippen MR) is 63.6 cm³/mol. The summed E-state index contributed by atoms with van der Waals surface area (Å²) in [5.41, 5.74) is 1.02. The van der Waals surface area contributed by atoms with E-state index in [0.29, 0.717) is 17.4 Å². The second-order valence-corrected chi connectivity index (χ2v) is 4.91. The molecule has 0 aromatic heterocycles. The molecule has 1 atom stereocenters. The molecule has 1 aliphatic carbocycles. The van der Waals surface area contributed by atoms with Crippen LogP contribution in [0, 0.1) is 11.8 Å². The van der Waals surface area contributed by atoms with Crippen molar-refractivity contribution >= 4 is 17.6 Å². The molecule has 2 rings (SSSR count). The van der Waals surface area contributed by atoms with Gasteiger partial charge in [0.15, 0.2) is 0 Å². The highest BCUT2D eigenvalue weighted by Crippen LogP contribution is 2.35. The Morgan fingerprint density at radius 1 is 1.50 bits per heavy atom. The Balaban J connectivity index is 2.07. The zero-order valence-corrected chi connectivity index (χ0v) is 9.78. The zero-order chi connectivity index (χ0) is 11.5. The topological polar surface area (TPSA) is 37.3 Å². The van der Waals surface area contributed by atoms with Crippen LogP contribution in [0.2, 0.25) is 5.02 Å². The van der Waals surface area contributed by atoms with Gasteiger partial charge in [-0.15, -0.1) is 0 Å². The highest BCUT2D eigenvalue weighted by molar-refractivity contribution is 6.30. The summed E-state index contributed by atoms with van der Waals surface area (Å²) in [7, 11) is 0. The van der Waals surface area contributed by atoms with E-state index in [1.54, 1.807) is 0 Å². The van der Waals surface area contributed by atoms with E-state index >= 15 is 0 Å². The van der Waals surface area contributed by atoms with Crippen LogP contribution < -0.4 is 0 Å². The van der Waals surface area contributed by atoms with Crippen molar-refractivity contribution in [1.29, 1.82) is 0 Å². The molecule has 0 amide bonds. The molecular weight excluding hydrogens is 224 g/mol. The van der Waals surface area contributed by atoms with Gasteiger partial charge in [0.25, 0.3) is 0 Å². The van der Waals surface area contributed by atoms with Crippen LogP contribution in [-0.2, 0) is 11.2 Å². The molecular formula is C13H15ClO2. The maximum Gasteiger partial charge on any atom is 0.307 e. The average molecular weight is 239 g/mol. The number of carboxylic acids is 1. The maximum atomic E-state index is 11.2. The van der Waals surface area contributed by atoms with E-state index in [1.165, 1.54) is 6.42 Å². The van der Waals surface area contributed by atoms with Crippen molar-refractivity contribution in [1.82, 2.24) is 0 Å². The summed E-state index contributed by atoms with van der Waals surface area (Å²) in [6, 6.07) is 7.48.